The molecule has 3 rings (SSSR count). The molecule has 0 saturated carbocycles. The molecule has 2 aliphatic rings. The van der Waals surface area contributed by atoms with E-state index in [4.69, 9.17) is 20.0 Å². The third-order valence-corrected chi connectivity index (χ3v) is 8.17. The van der Waals surface area contributed by atoms with Crippen molar-refractivity contribution in [1.29, 1.82) is 0 Å². The number of ether oxygens (including phenoxy) is 2. The van der Waals surface area contributed by atoms with Crippen molar-refractivity contribution in [3.8, 4) is 0 Å². The first-order valence-corrected chi connectivity index (χ1v) is 15.3. The number of hydrogen-bond donors (Lipinski definition) is 2. The molecule has 0 aliphatic carbocycles. The van der Waals surface area contributed by atoms with Crippen LogP contribution in [0.5, 0.6) is 0 Å². The fourth-order valence-corrected chi connectivity index (χ4v) is 5.92. The molecule has 3 atom stereocenters. The average Bonchev–Trinajstić information content (AvgIpc) is 3.36. The number of β-lactam (4-membered cyclic amide) rings is 1. The van der Waals surface area contributed by atoms with Gasteiger partial charge in [0, 0.05) is 17.1 Å². The van der Waals surface area contributed by atoms with E-state index in [1.54, 1.807) is 11.5 Å². The Bertz CT molecular complexity index is 1120. The second-order valence-corrected chi connectivity index (χ2v) is 11.8. The van der Waals surface area contributed by atoms with Crippen LogP contribution in [0.2, 0.25) is 0 Å². The van der Waals surface area contributed by atoms with Gasteiger partial charge in [0.15, 0.2) is 10.8 Å². The Labute approximate surface area is 242 Å². The van der Waals surface area contributed by atoms with Gasteiger partial charge in [0.05, 0.1) is 0 Å². The van der Waals surface area contributed by atoms with Gasteiger partial charge in [0.1, 0.15) is 29.4 Å². The smallest absolute Gasteiger partial charge is 0.357 e. The van der Waals surface area contributed by atoms with E-state index in [0.29, 0.717) is 13.0 Å². The number of unbranched alkanes of at least 4 members (excludes halogenated alkanes) is 5. The van der Waals surface area contributed by atoms with Crippen molar-refractivity contribution in [2.75, 3.05) is 19.1 Å². The highest BCUT2D eigenvalue weighted by Crippen LogP contribution is 2.41. The SMILES string of the molecule is CCCCCCON=C(C(=O)NC1C(=O)N2C(C(=O)OCOC(=O)CCCCC)=CC(C)S[C@@H]12)c1csc(N)n1. The molecule has 1 fully saturated rings. The Hall–Kier alpha value is -3.13. The molecule has 1 aromatic rings. The summed E-state index contributed by atoms with van der Waals surface area (Å²) in [5, 5.41) is 7.89. The molecule has 1 saturated heterocycles. The first-order chi connectivity index (χ1) is 19.3. The summed E-state index contributed by atoms with van der Waals surface area (Å²) < 4.78 is 10.1. The number of aromatic nitrogens is 1. The van der Waals surface area contributed by atoms with E-state index in [2.05, 4.69) is 22.4 Å². The van der Waals surface area contributed by atoms with Crippen LogP contribution in [0.4, 0.5) is 5.13 Å². The maximum absolute atomic E-state index is 13.2. The second-order valence-electron chi connectivity index (χ2n) is 9.37. The first-order valence-electron chi connectivity index (χ1n) is 13.5. The van der Waals surface area contributed by atoms with Gasteiger partial charge in [-0.15, -0.1) is 23.1 Å². The van der Waals surface area contributed by atoms with E-state index in [0.717, 1.165) is 49.9 Å². The predicted octanol–water partition coefficient (Wildman–Crippen LogP) is 3.32. The van der Waals surface area contributed by atoms with E-state index < -0.39 is 42.0 Å². The lowest BCUT2D eigenvalue weighted by Gasteiger charge is -2.49. The molecule has 40 heavy (non-hydrogen) atoms. The van der Waals surface area contributed by atoms with Crippen molar-refractivity contribution in [3.05, 3.63) is 22.8 Å². The lowest BCUT2D eigenvalue weighted by Crippen LogP contribution is -2.71. The Balaban J connectivity index is 1.60. The number of nitrogens with two attached hydrogens (primary N) is 1. The van der Waals surface area contributed by atoms with Crippen molar-refractivity contribution in [2.45, 2.75) is 88.8 Å². The number of thioether (sulfide) groups is 1. The second kappa shape index (κ2) is 15.6. The highest BCUT2D eigenvalue weighted by Gasteiger charge is 2.54. The van der Waals surface area contributed by atoms with Gasteiger partial charge in [-0.1, -0.05) is 44.7 Å². The number of carbonyl (C=O) groups excluding carboxylic acids is 4. The minimum atomic E-state index is -0.904. The minimum absolute atomic E-state index is 0.0466. The summed E-state index contributed by atoms with van der Waals surface area (Å²) in [5.74, 6) is -2.35. The molecule has 0 radical (unpaired) electrons. The van der Waals surface area contributed by atoms with Crippen molar-refractivity contribution in [3.63, 3.8) is 0 Å². The summed E-state index contributed by atoms with van der Waals surface area (Å²) in [6.07, 6.45) is 8.38. The summed E-state index contributed by atoms with van der Waals surface area (Å²) in [5.41, 5.74) is 5.96. The molecule has 2 unspecified atom stereocenters. The Morgan fingerprint density at radius 3 is 2.58 bits per heavy atom. The van der Waals surface area contributed by atoms with Crippen molar-refractivity contribution < 1.29 is 33.5 Å². The summed E-state index contributed by atoms with van der Waals surface area (Å²) in [4.78, 5) is 61.6. The van der Waals surface area contributed by atoms with Crippen molar-refractivity contribution in [2.24, 2.45) is 5.16 Å². The third kappa shape index (κ3) is 8.43. The van der Waals surface area contributed by atoms with Gasteiger partial charge in [0.25, 0.3) is 11.8 Å². The van der Waals surface area contributed by atoms with Crippen LogP contribution in [-0.2, 0) is 33.5 Å². The van der Waals surface area contributed by atoms with Crippen LogP contribution >= 0.6 is 23.1 Å². The fourth-order valence-electron chi connectivity index (χ4n) is 4.05. The molecule has 1 aromatic heterocycles. The average molecular weight is 596 g/mol. The zero-order valence-corrected chi connectivity index (χ0v) is 24.7. The number of nitrogens with zero attached hydrogens (tertiary/aromatic N) is 3. The van der Waals surface area contributed by atoms with E-state index in [1.807, 2.05) is 13.8 Å². The quantitative estimate of drug-likeness (QED) is 0.0724. The lowest BCUT2D eigenvalue weighted by molar-refractivity contribution is -0.168. The molecule has 3 heterocycles. The Morgan fingerprint density at radius 2 is 1.88 bits per heavy atom. The maximum atomic E-state index is 13.2. The number of fused-ring (bicyclic) bond motifs is 1. The van der Waals surface area contributed by atoms with Gasteiger partial charge in [-0.3, -0.25) is 19.3 Å². The molecular formula is C26H37N5O7S2. The molecule has 3 N–H and O–H groups in total. The number of amides is 2. The zero-order valence-electron chi connectivity index (χ0n) is 23.1. The normalized spacial score (nSPS) is 20.2. The largest absolute Gasteiger partial charge is 0.428 e. The maximum Gasteiger partial charge on any atom is 0.357 e. The standard InChI is InChI=1S/C26H37N5O7S2/c1-4-6-8-10-12-38-30-20(17-14-39-26(27)28-17)22(33)29-21-23(34)31-18(13-16(3)40-24(21)31)25(35)37-15-36-19(32)11-9-7-5-2/h13-14,16,21,24H,4-12,15H2,1-3H3,(H2,27,28)(H,29,33)/t16?,21?,24-/m0/s1. The molecule has 0 bridgehead atoms. The lowest BCUT2D eigenvalue weighted by atomic mass is 10.0. The number of thiazole rings is 1. The van der Waals surface area contributed by atoms with E-state index >= 15 is 0 Å². The van der Waals surface area contributed by atoms with Gasteiger partial charge in [-0.2, -0.15) is 0 Å². The molecular weight excluding hydrogens is 558 g/mol. The molecule has 2 aliphatic heterocycles. The number of oxime groups is 1. The number of nitrogen functional groups attached to an aromatic ring is 1. The Kier molecular flexibility index (Phi) is 12.2. The molecule has 2 amide bonds. The fraction of sp³-hybridized carbons (Fsp3) is 0.615. The van der Waals surface area contributed by atoms with Crippen LogP contribution in [0.3, 0.4) is 0 Å². The van der Waals surface area contributed by atoms with Crippen molar-refractivity contribution >= 4 is 57.7 Å². The summed E-state index contributed by atoms with van der Waals surface area (Å²) in [6, 6.07) is -0.904. The summed E-state index contributed by atoms with van der Waals surface area (Å²) >= 11 is 2.56. The van der Waals surface area contributed by atoms with E-state index in [-0.39, 0.29) is 33.9 Å². The molecule has 14 heteroatoms. The number of hydrogen-bond acceptors (Lipinski definition) is 12. The van der Waals surface area contributed by atoms with Gasteiger partial charge in [-0.05, 0) is 32.3 Å². The molecule has 12 nitrogen and oxygen atoms in total. The van der Waals surface area contributed by atoms with Gasteiger partial charge in [-0.25, -0.2) is 9.78 Å². The number of rotatable bonds is 16. The van der Waals surface area contributed by atoms with Crippen LogP contribution in [0.25, 0.3) is 0 Å². The zero-order chi connectivity index (χ0) is 29.1. The molecule has 220 valence electrons. The van der Waals surface area contributed by atoms with Crippen LogP contribution < -0.4 is 11.1 Å². The van der Waals surface area contributed by atoms with Gasteiger partial charge in [0.2, 0.25) is 6.79 Å². The highest BCUT2D eigenvalue weighted by molar-refractivity contribution is 8.00. The number of nitrogens with one attached hydrogen (secondary N) is 1. The van der Waals surface area contributed by atoms with E-state index in [1.165, 1.54) is 16.7 Å². The molecule has 0 aromatic carbocycles. The van der Waals surface area contributed by atoms with Gasteiger partial charge >= 0.3 is 11.9 Å². The minimum Gasteiger partial charge on any atom is -0.428 e. The van der Waals surface area contributed by atoms with E-state index in [9.17, 15) is 19.2 Å². The highest BCUT2D eigenvalue weighted by atomic mass is 32.2. The van der Waals surface area contributed by atoms with Crippen LogP contribution in [0, 0.1) is 0 Å². The number of esters is 2. The number of carbonyl (C=O) groups is 4. The monoisotopic (exact) mass is 595 g/mol. The van der Waals surface area contributed by atoms with Crippen LogP contribution in [-0.4, -0.2) is 69.4 Å². The summed E-state index contributed by atoms with van der Waals surface area (Å²) in [6.45, 7) is 5.80. The Morgan fingerprint density at radius 1 is 1.12 bits per heavy atom. The topological polar surface area (TPSA) is 163 Å². The van der Waals surface area contributed by atoms with Crippen LogP contribution in [0.15, 0.2) is 22.3 Å². The van der Waals surface area contributed by atoms with Crippen LogP contribution in [0.1, 0.15) is 77.8 Å². The third-order valence-electron chi connectivity index (χ3n) is 6.16. The predicted molar refractivity (Wildman–Crippen MR) is 152 cm³/mol. The first kappa shape index (κ1) is 31.4. The van der Waals surface area contributed by atoms with Crippen molar-refractivity contribution in [1.82, 2.24) is 15.2 Å². The number of anilines is 1. The van der Waals surface area contributed by atoms with Gasteiger partial charge < -0.3 is 25.4 Å². The molecule has 0 spiro atoms. The summed E-state index contributed by atoms with van der Waals surface area (Å²) in [7, 11) is 0.